The molecule has 4 aromatic rings. The lowest BCUT2D eigenvalue weighted by atomic mass is 9.82. The molecule has 9 nitrogen and oxygen atoms in total. The largest absolute Gasteiger partial charge is 0.416 e. The fourth-order valence-corrected chi connectivity index (χ4v) is 4.17. The number of amides is 2. The number of aromatic nitrogens is 3. The lowest BCUT2D eigenvalue weighted by Gasteiger charge is -2.42. The molecule has 2 aromatic carbocycles. The van der Waals surface area contributed by atoms with Gasteiger partial charge in [-0.2, -0.15) is 18.3 Å². The number of nitrogens with zero attached hydrogens (tertiary/aromatic N) is 5. The van der Waals surface area contributed by atoms with Crippen molar-refractivity contribution in [1.82, 2.24) is 24.8 Å². The zero-order valence-electron chi connectivity index (χ0n) is 20.1. The Morgan fingerprint density at radius 3 is 2.41 bits per heavy atom. The standard InChI is InChI=1S/C23H21BF4N6O3/c1-11(35)33(3)34(22(24,37)16-6-5-13(9-17(16)25)23(26,27)28)21(36)12-4-7-18-14(8-12)19-15(20(29)31-18)10-30-32(19)2/h4-10,37H,24H2,1-3H3,(H2,29,31). The molecule has 1 atom stereocenters. The Morgan fingerprint density at radius 2 is 1.81 bits per heavy atom. The first-order chi connectivity index (χ1) is 17.1. The van der Waals surface area contributed by atoms with Crippen molar-refractivity contribution in [3.63, 3.8) is 0 Å². The van der Waals surface area contributed by atoms with E-state index in [1.54, 1.807) is 7.05 Å². The van der Waals surface area contributed by atoms with E-state index in [1.165, 1.54) is 36.1 Å². The van der Waals surface area contributed by atoms with Crippen molar-refractivity contribution in [1.29, 1.82) is 0 Å². The number of fused-ring (bicyclic) bond motifs is 3. The minimum atomic E-state index is -4.82. The van der Waals surface area contributed by atoms with Gasteiger partial charge < -0.3 is 10.8 Å². The number of alkyl halides is 3. The normalized spacial score (nSPS) is 13.5. The van der Waals surface area contributed by atoms with Crippen molar-refractivity contribution in [2.45, 2.75) is 18.7 Å². The monoisotopic (exact) mass is 516 g/mol. The summed E-state index contributed by atoms with van der Waals surface area (Å²) >= 11 is 0. The third kappa shape index (κ3) is 4.33. The SMILES string of the molecule is BC(O)(c1ccc(C(F)(F)F)cc1F)N(C(=O)c1ccc2nc(N)c3cnn(C)c3c2c1)N(C)C(C)=O. The summed E-state index contributed by atoms with van der Waals surface area (Å²) in [6, 6.07) is 5.84. The Morgan fingerprint density at radius 1 is 1.14 bits per heavy atom. The molecule has 3 N–H and O–H groups in total. The van der Waals surface area contributed by atoms with Crippen LogP contribution in [-0.2, 0) is 23.6 Å². The smallest absolute Gasteiger partial charge is 0.383 e. The van der Waals surface area contributed by atoms with E-state index >= 15 is 0 Å². The number of carbonyl (C=O) groups is 2. The summed E-state index contributed by atoms with van der Waals surface area (Å²) in [6.07, 6.45) is -3.31. The first kappa shape index (κ1) is 25.9. The highest BCUT2D eigenvalue weighted by Gasteiger charge is 2.42. The highest BCUT2D eigenvalue weighted by atomic mass is 19.4. The van der Waals surface area contributed by atoms with E-state index in [0.29, 0.717) is 32.9 Å². The summed E-state index contributed by atoms with van der Waals surface area (Å²) in [6.45, 7) is 1.10. The molecule has 0 saturated carbocycles. The number of nitrogen functional groups attached to an aromatic ring is 1. The number of anilines is 1. The van der Waals surface area contributed by atoms with Gasteiger partial charge >= 0.3 is 6.18 Å². The number of hydrogen-bond donors (Lipinski definition) is 2. The van der Waals surface area contributed by atoms with Crippen molar-refractivity contribution in [3.05, 3.63) is 65.1 Å². The van der Waals surface area contributed by atoms with Gasteiger partial charge in [-0.1, -0.05) is 6.07 Å². The number of carbonyl (C=O) groups excluding carboxylic acids is 2. The van der Waals surface area contributed by atoms with Crippen molar-refractivity contribution in [3.8, 4) is 0 Å². The average Bonchev–Trinajstić information content (AvgIpc) is 3.20. The van der Waals surface area contributed by atoms with Gasteiger partial charge in [-0.15, -0.1) is 0 Å². The molecule has 0 aliphatic rings. The van der Waals surface area contributed by atoms with Crippen LogP contribution >= 0.6 is 0 Å². The molecule has 37 heavy (non-hydrogen) atoms. The summed E-state index contributed by atoms with van der Waals surface area (Å²) in [5.41, 5.74) is 2.51. The van der Waals surface area contributed by atoms with Gasteiger partial charge in [0.15, 0.2) is 7.85 Å². The maximum atomic E-state index is 14.9. The summed E-state index contributed by atoms with van der Waals surface area (Å²) < 4.78 is 55.5. The average molecular weight is 516 g/mol. The number of halogens is 4. The van der Waals surface area contributed by atoms with Gasteiger partial charge in [-0.05, 0) is 30.3 Å². The van der Waals surface area contributed by atoms with Crippen LogP contribution in [0, 0.1) is 5.82 Å². The molecular weight excluding hydrogens is 495 g/mol. The van der Waals surface area contributed by atoms with Crippen molar-refractivity contribution >= 4 is 47.3 Å². The van der Waals surface area contributed by atoms with Crippen LogP contribution in [0.5, 0.6) is 0 Å². The van der Waals surface area contributed by atoms with Gasteiger partial charge in [-0.25, -0.2) is 14.4 Å². The molecule has 14 heteroatoms. The predicted octanol–water partition coefficient (Wildman–Crippen LogP) is 2.13. The van der Waals surface area contributed by atoms with Crippen LogP contribution in [-0.4, -0.2) is 56.6 Å². The minimum Gasteiger partial charge on any atom is -0.383 e. The summed E-state index contributed by atoms with van der Waals surface area (Å²) in [5, 5.41) is 17.9. The predicted molar refractivity (Wildman–Crippen MR) is 129 cm³/mol. The topological polar surface area (TPSA) is 118 Å². The second-order valence-corrected chi connectivity index (χ2v) is 8.63. The second-order valence-electron chi connectivity index (χ2n) is 8.63. The van der Waals surface area contributed by atoms with Crippen LogP contribution in [0.4, 0.5) is 23.4 Å². The number of aryl methyl sites for hydroxylation is 1. The molecule has 0 fully saturated rings. The number of rotatable bonds is 3. The van der Waals surface area contributed by atoms with Crippen LogP contribution in [0.25, 0.3) is 21.8 Å². The fourth-order valence-electron chi connectivity index (χ4n) is 4.17. The zero-order valence-corrected chi connectivity index (χ0v) is 20.1. The molecule has 0 radical (unpaired) electrons. The Bertz CT molecular complexity index is 1570. The van der Waals surface area contributed by atoms with E-state index in [1.807, 2.05) is 0 Å². The Labute approximate surface area is 208 Å². The maximum Gasteiger partial charge on any atom is 0.416 e. The Balaban J connectivity index is 1.87. The van der Waals surface area contributed by atoms with Gasteiger partial charge in [0.1, 0.15) is 17.3 Å². The third-order valence-corrected chi connectivity index (χ3v) is 6.12. The molecule has 4 rings (SSSR count). The van der Waals surface area contributed by atoms with Crippen LogP contribution in [0.1, 0.15) is 28.4 Å². The lowest BCUT2D eigenvalue weighted by molar-refractivity contribution is -0.164. The number of pyridine rings is 1. The second kappa shape index (κ2) is 8.73. The first-order valence-corrected chi connectivity index (χ1v) is 10.8. The number of hydrazine groups is 1. The highest BCUT2D eigenvalue weighted by Crippen LogP contribution is 2.35. The summed E-state index contributed by atoms with van der Waals surface area (Å²) in [4.78, 5) is 30.3. The molecule has 0 spiro atoms. The molecule has 1 unspecified atom stereocenters. The molecule has 2 amide bonds. The van der Waals surface area contributed by atoms with E-state index in [-0.39, 0.29) is 17.4 Å². The van der Waals surface area contributed by atoms with Gasteiger partial charge in [0.25, 0.3) is 5.91 Å². The fraction of sp³-hybridized carbons (Fsp3) is 0.217. The summed E-state index contributed by atoms with van der Waals surface area (Å²) in [5.74, 6) is -2.82. The van der Waals surface area contributed by atoms with E-state index < -0.39 is 40.6 Å². The molecule has 2 heterocycles. The number of benzene rings is 2. The van der Waals surface area contributed by atoms with Crippen LogP contribution in [0.2, 0.25) is 0 Å². The number of nitrogens with two attached hydrogens (primary N) is 1. The van der Waals surface area contributed by atoms with E-state index in [9.17, 15) is 32.3 Å². The molecule has 192 valence electrons. The van der Waals surface area contributed by atoms with E-state index in [2.05, 4.69) is 10.1 Å². The van der Waals surface area contributed by atoms with Crippen molar-refractivity contribution in [2.24, 2.45) is 7.05 Å². The van der Waals surface area contributed by atoms with Crippen LogP contribution < -0.4 is 5.73 Å². The summed E-state index contributed by atoms with van der Waals surface area (Å²) in [7, 11) is 3.83. The van der Waals surface area contributed by atoms with Crippen molar-refractivity contribution in [2.75, 3.05) is 12.8 Å². The van der Waals surface area contributed by atoms with Gasteiger partial charge in [0, 0.05) is 37.5 Å². The lowest BCUT2D eigenvalue weighted by Crippen LogP contribution is -2.59. The Kier molecular flexibility index (Phi) is 6.11. The van der Waals surface area contributed by atoms with Crippen LogP contribution in [0.15, 0.2) is 42.6 Å². The quantitative estimate of drug-likeness (QED) is 0.187. The molecule has 0 aliphatic carbocycles. The van der Waals surface area contributed by atoms with Gasteiger partial charge in [0.2, 0.25) is 5.91 Å². The van der Waals surface area contributed by atoms with E-state index in [0.717, 1.165) is 25.8 Å². The maximum absolute atomic E-state index is 14.9. The molecule has 0 aliphatic heterocycles. The number of aliphatic hydroxyl groups is 1. The van der Waals surface area contributed by atoms with Crippen molar-refractivity contribution < 1.29 is 32.3 Å². The minimum absolute atomic E-state index is 0.0257. The van der Waals surface area contributed by atoms with Gasteiger partial charge in [0.05, 0.1) is 28.2 Å². The first-order valence-electron chi connectivity index (χ1n) is 10.8. The molecule has 2 aromatic heterocycles. The molecule has 0 saturated heterocycles. The highest BCUT2D eigenvalue weighted by molar-refractivity contribution is 6.17. The Hall–Kier alpha value is -4.20. The van der Waals surface area contributed by atoms with E-state index in [4.69, 9.17) is 5.73 Å². The molecular formula is C23H21BF4N6O3. The molecule has 0 bridgehead atoms. The van der Waals surface area contributed by atoms with Crippen LogP contribution in [0.3, 0.4) is 0 Å². The number of hydrogen-bond acceptors (Lipinski definition) is 6. The van der Waals surface area contributed by atoms with Gasteiger partial charge in [-0.3, -0.25) is 19.3 Å². The third-order valence-electron chi connectivity index (χ3n) is 6.12. The zero-order chi connectivity index (χ0) is 27.4.